The molecule has 0 bridgehead atoms. The molecule has 3 aromatic heterocycles. The molecule has 0 atom stereocenters. The maximum absolute atomic E-state index is 13.4. The summed E-state index contributed by atoms with van der Waals surface area (Å²) in [6.45, 7) is 5.12. The lowest BCUT2D eigenvalue weighted by Gasteiger charge is -2.17. The van der Waals surface area contributed by atoms with Gasteiger partial charge in [0.1, 0.15) is 17.3 Å². The zero-order valence-corrected chi connectivity index (χ0v) is 20.4. The smallest absolute Gasteiger partial charge is 0.272 e. The number of aryl methyl sites for hydroxylation is 2. The van der Waals surface area contributed by atoms with Crippen LogP contribution in [0.5, 0.6) is 5.75 Å². The normalized spacial score (nSPS) is 12.7. The molecule has 8 heteroatoms. The van der Waals surface area contributed by atoms with E-state index >= 15 is 0 Å². The number of ether oxygens (including phenoxy) is 1. The van der Waals surface area contributed by atoms with E-state index in [0.29, 0.717) is 24.5 Å². The van der Waals surface area contributed by atoms with Crippen molar-refractivity contribution in [2.24, 2.45) is 0 Å². The highest BCUT2D eigenvalue weighted by Gasteiger charge is 2.32. The number of fused-ring (bicyclic) bond motifs is 1. The lowest BCUT2D eigenvalue weighted by molar-refractivity contribution is 0.0743. The largest absolute Gasteiger partial charge is 0.497 e. The maximum atomic E-state index is 13.4. The minimum absolute atomic E-state index is 0.106. The summed E-state index contributed by atoms with van der Waals surface area (Å²) in [5.74, 6) is 1.59. The predicted octanol–water partition coefficient (Wildman–Crippen LogP) is 4.83. The molecule has 0 unspecified atom stereocenters. The number of aromatic nitrogens is 5. The number of nitrogens with zero attached hydrogens (tertiary/aromatic N) is 5. The molecule has 0 saturated heterocycles. The van der Waals surface area contributed by atoms with Gasteiger partial charge in [-0.3, -0.25) is 9.89 Å². The molecule has 6 rings (SSSR count). The number of aromatic amines is 1. The summed E-state index contributed by atoms with van der Waals surface area (Å²) < 4.78 is 9.35. The van der Waals surface area contributed by atoms with Crippen LogP contribution in [0.15, 0.2) is 73.1 Å². The third-order valence-corrected chi connectivity index (χ3v) is 6.77. The number of benzene rings is 2. The van der Waals surface area contributed by atoms with Gasteiger partial charge in [0.2, 0.25) is 0 Å². The monoisotopic (exact) mass is 478 g/mol. The number of nitrogens with one attached hydrogen (secondary N) is 1. The first-order valence-corrected chi connectivity index (χ1v) is 11.8. The van der Waals surface area contributed by atoms with Gasteiger partial charge in [-0.15, -0.1) is 0 Å². The Morgan fingerprint density at radius 1 is 0.972 bits per heavy atom. The molecule has 0 fully saturated rings. The van der Waals surface area contributed by atoms with Crippen molar-refractivity contribution in [1.29, 1.82) is 0 Å². The fourth-order valence-corrected chi connectivity index (χ4v) is 4.66. The van der Waals surface area contributed by atoms with Gasteiger partial charge in [-0.25, -0.2) is 4.68 Å². The molecular weight excluding hydrogens is 452 g/mol. The number of amides is 1. The first-order chi connectivity index (χ1) is 17.5. The van der Waals surface area contributed by atoms with E-state index in [9.17, 15) is 4.79 Å². The van der Waals surface area contributed by atoms with Crippen LogP contribution < -0.4 is 4.74 Å². The number of rotatable bonds is 5. The molecule has 0 spiro atoms. The summed E-state index contributed by atoms with van der Waals surface area (Å²) in [5, 5.41) is 12.2. The highest BCUT2D eigenvalue weighted by atomic mass is 16.5. The summed E-state index contributed by atoms with van der Waals surface area (Å²) in [6, 6.07) is 19.7. The SMILES string of the molecule is COc1cccc(-c2cc(C(=O)N3Cc4nn(-c5ccc(C)c(C)c5)c(-n5cccc5)c4C3)[nH]n2)c1. The number of H-pyrrole nitrogens is 1. The number of carbonyl (C=O) groups excluding carboxylic acids is 1. The van der Waals surface area contributed by atoms with Crippen molar-refractivity contribution < 1.29 is 9.53 Å². The highest BCUT2D eigenvalue weighted by Crippen LogP contribution is 2.32. The zero-order valence-electron chi connectivity index (χ0n) is 20.4. The third-order valence-electron chi connectivity index (χ3n) is 6.77. The van der Waals surface area contributed by atoms with Crippen molar-refractivity contribution in [3.63, 3.8) is 0 Å². The number of methoxy groups -OCH3 is 1. The average Bonchev–Trinajstić information content (AvgIpc) is 3.69. The van der Waals surface area contributed by atoms with Crippen molar-refractivity contribution in [3.05, 3.63) is 101 Å². The highest BCUT2D eigenvalue weighted by molar-refractivity contribution is 5.93. The van der Waals surface area contributed by atoms with Crippen LogP contribution in [0.25, 0.3) is 22.8 Å². The van der Waals surface area contributed by atoms with Crippen LogP contribution in [0.1, 0.15) is 32.9 Å². The molecule has 8 nitrogen and oxygen atoms in total. The quantitative estimate of drug-likeness (QED) is 0.392. The van der Waals surface area contributed by atoms with Crippen molar-refractivity contribution in [2.45, 2.75) is 26.9 Å². The van der Waals surface area contributed by atoms with Crippen molar-refractivity contribution in [3.8, 4) is 28.5 Å². The third kappa shape index (κ3) is 3.67. The van der Waals surface area contributed by atoms with Gasteiger partial charge < -0.3 is 14.2 Å². The lowest BCUT2D eigenvalue weighted by Crippen LogP contribution is -2.26. The summed E-state index contributed by atoms with van der Waals surface area (Å²) in [5.41, 5.74) is 7.43. The van der Waals surface area contributed by atoms with Crippen LogP contribution >= 0.6 is 0 Å². The van der Waals surface area contributed by atoms with Crippen molar-refractivity contribution >= 4 is 5.91 Å². The van der Waals surface area contributed by atoms with Crippen LogP contribution in [-0.2, 0) is 13.1 Å². The second kappa shape index (κ2) is 8.57. The molecule has 1 N–H and O–H groups in total. The first kappa shape index (κ1) is 21.9. The van der Waals surface area contributed by atoms with E-state index in [-0.39, 0.29) is 5.91 Å². The maximum Gasteiger partial charge on any atom is 0.272 e. The molecule has 180 valence electrons. The lowest BCUT2D eigenvalue weighted by atomic mass is 10.1. The van der Waals surface area contributed by atoms with Crippen LogP contribution in [0, 0.1) is 13.8 Å². The average molecular weight is 479 g/mol. The molecule has 1 aliphatic rings. The van der Waals surface area contributed by atoms with Crippen LogP contribution in [0.3, 0.4) is 0 Å². The Balaban J connectivity index is 1.31. The van der Waals surface area contributed by atoms with Crippen molar-refractivity contribution in [2.75, 3.05) is 7.11 Å². The van der Waals surface area contributed by atoms with E-state index in [0.717, 1.165) is 34.1 Å². The molecule has 0 aliphatic carbocycles. The Labute approximate surface area is 208 Å². The summed E-state index contributed by atoms with van der Waals surface area (Å²) in [6.07, 6.45) is 4.02. The summed E-state index contributed by atoms with van der Waals surface area (Å²) in [4.78, 5) is 15.2. The van der Waals surface area contributed by atoms with Crippen LogP contribution in [-0.4, -0.2) is 42.5 Å². The van der Waals surface area contributed by atoms with E-state index in [1.807, 2.05) is 53.5 Å². The van der Waals surface area contributed by atoms with Gasteiger partial charge in [-0.05, 0) is 67.4 Å². The molecule has 1 aliphatic heterocycles. The minimum atomic E-state index is -0.106. The fourth-order valence-electron chi connectivity index (χ4n) is 4.66. The first-order valence-electron chi connectivity index (χ1n) is 11.8. The number of hydrogen-bond acceptors (Lipinski definition) is 4. The minimum Gasteiger partial charge on any atom is -0.497 e. The van der Waals surface area contributed by atoms with Gasteiger partial charge in [0.15, 0.2) is 0 Å². The van der Waals surface area contributed by atoms with Gasteiger partial charge in [0, 0.05) is 23.5 Å². The molecule has 0 saturated carbocycles. The van der Waals surface area contributed by atoms with Crippen LogP contribution in [0.4, 0.5) is 0 Å². The molecular formula is C28H26N6O2. The Bertz CT molecular complexity index is 1580. The Hall–Kier alpha value is -4.59. The van der Waals surface area contributed by atoms with E-state index in [4.69, 9.17) is 9.84 Å². The van der Waals surface area contributed by atoms with E-state index < -0.39 is 0 Å². The molecule has 0 radical (unpaired) electrons. The van der Waals surface area contributed by atoms with Gasteiger partial charge >= 0.3 is 0 Å². The van der Waals surface area contributed by atoms with E-state index in [2.05, 4.69) is 46.8 Å². The second-order valence-corrected chi connectivity index (χ2v) is 9.08. The summed E-state index contributed by atoms with van der Waals surface area (Å²) in [7, 11) is 1.63. The van der Waals surface area contributed by atoms with Gasteiger partial charge in [0.25, 0.3) is 5.91 Å². The van der Waals surface area contributed by atoms with Gasteiger partial charge in [-0.1, -0.05) is 18.2 Å². The van der Waals surface area contributed by atoms with Gasteiger partial charge in [-0.2, -0.15) is 10.2 Å². The molecule has 2 aromatic carbocycles. The number of hydrogen-bond donors (Lipinski definition) is 1. The second-order valence-electron chi connectivity index (χ2n) is 9.08. The molecule has 5 aromatic rings. The van der Waals surface area contributed by atoms with Gasteiger partial charge in [0.05, 0.1) is 37.3 Å². The fraction of sp³-hybridized carbons (Fsp3) is 0.179. The Morgan fingerprint density at radius 2 is 1.81 bits per heavy atom. The van der Waals surface area contributed by atoms with Crippen LogP contribution in [0.2, 0.25) is 0 Å². The Morgan fingerprint density at radius 3 is 2.58 bits per heavy atom. The van der Waals surface area contributed by atoms with Crippen molar-refractivity contribution in [1.82, 2.24) is 29.4 Å². The topological polar surface area (TPSA) is 81.0 Å². The molecule has 1 amide bonds. The summed E-state index contributed by atoms with van der Waals surface area (Å²) >= 11 is 0. The molecule has 36 heavy (non-hydrogen) atoms. The molecule has 4 heterocycles. The zero-order chi connectivity index (χ0) is 24.8. The van der Waals surface area contributed by atoms with E-state index in [1.165, 1.54) is 11.1 Å². The Kier molecular flexibility index (Phi) is 5.21. The predicted molar refractivity (Wildman–Crippen MR) is 137 cm³/mol. The standard InChI is InChI=1S/C28H26N6O2/c1-18-9-10-21(13-19(18)2)34-27(32-11-4-5-12-32)23-16-33(17-26(23)31-34)28(35)25-15-24(29-30-25)20-7-6-8-22(14-20)36-3/h4-15H,16-17H2,1-3H3,(H,29,30). The number of carbonyl (C=O) groups is 1. The van der Waals surface area contributed by atoms with E-state index in [1.54, 1.807) is 18.1 Å².